The smallest absolute Gasteiger partial charge is 0.230 e. The van der Waals surface area contributed by atoms with E-state index in [1.54, 1.807) is 18.2 Å². The predicted molar refractivity (Wildman–Crippen MR) is 106 cm³/mol. The van der Waals surface area contributed by atoms with Crippen LogP contribution in [0.2, 0.25) is 0 Å². The zero-order valence-corrected chi connectivity index (χ0v) is 16.5. The maximum absolute atomic E-state index is 14.0. The van der Waals surface area contributed by atoms with E-state index in [9.17, 15) is 9.18 Å². The molecule has 1 aromatic heterocycles. The number of halogens is 1. The van der Waals surface area contributed by atoms with Crippen molar-refractivity contribution in [1.82, 2.24) is 20.1 Å². The highest BCUT2D eigenvalue weighted by Gasteiger charge is 2.17. The fourth-order valence-corrected chi connectivity index (χ4v) is 3.69. The van der Waals surface area contributed by atoms with Gasteiger partial charge in [-0.15, -0.1) is 10.2 Å². The molecule has 4 rings (SSSR count). The van der Waals surface area contributed by atoms with Gasteiger partial charge in [-0.2, -0.15) is 0 Å². The number of nitrogens with one attached hydrogen (secondary N) is 1. The molecule has 7 nitrogen and oxygen atoms in total. The summed E-state index contributed by atoms with van der Waals surface area (Å²) in [7, 11) is 0. The molecule has 1 N–H and O–H groups in total. The Labute approximate surface area is 171 Å². The predicted octanol–water partition coefficient (Wildman–Crippen LogP) is 3.15. The Kier molecular flexibility index (Phi) is 5.66. The van der Waals surface area contributed by atoms with E-state index >= 15 is 0 Å². The molecule has 1 atom stereocenters. The summed E-state index contributed by atoms with van der Waals surface area (Å²) in [6.07, 6.45) is 1.43. The van der Waals surface area contributed by atoms with Crippen molar-refractivity contribution in [3.8, 4) is 17.2 Å². The summed E-state index contributed by atoms with van der Waals surface area (Å²) < 4.78 is 26.7. The normalized spacial score (nSPS) is 13.7. The standard InChI is InChI=1S/C20H19FN4O3S/c1-13(14-6-7-17-18(10-14)28-9-8-27-17)23-19(26)11-29-20-24-22-12-25(20)16-5-3-2-4-15(16)21/h2-7,10,12-13H,8-9,11H2,1H3,(H,23,26)/t13-/m0/s1. The number of nitrogens with zero attached hydrogens (tertiary/aromatic N) is 3. The Balaban J connectivity index is 1.38. The Morgan fingerprint density at radius 2 is 2.03 bits per heavy atom. The van der Waals surface area contributed by atoms with Crippen molar-refractivity contribution in [2.24, 2.45) is 0 Å². The van der Waals surface area contributed by atoms with E-state index < -0.39 is 0 Å². The van der Waals surface area contributed by atoms with Crippen molar-refractivity contribution >= 4 is 17.7 Å². The molecule has 1 aliphatic heterocycles. The van der Waals surface area contributed by atoms with Gasteiger partial charge >= 0.3 is 0 Å². The number of carbonyl (C=O) groups is 1. The molecule has 1 amide bonds. The van der Waals surface area contributed by atoms with Gasteiger partial charge in [0.25, 0.3) is 0 Å². The lowest BCUT2D eigenvalue weighted by Gasteiger charge is -2.21. The maximum Gasteiger partial charge on any atom is 0.230 e. The molecule has 0 unspecified atom stereocenters. The molecule has 0 radical (unpaired) electrons. The van der Waals surface area contributed by atoms with Crippen LogP contribution in [0.25, 0.3) is 5.69 Å². The highest BCUT2D eigenvalue weighted by Crippen LogP contribution is 2.32. The zero-order chi connectivity index (χ0) is 20.2. The second-order valence-corrected chi connectivity index (χ2v) is 7.36. The molecule has 2 heterocycles. The van der Waals surface area contributed by atoms with Crippen molar-refractivity contribution < 1.29 is 18.7 Å². The van der Waals surface area contributed by atoms with Crippen LogP contribution in [-0.4, -0.2) is 39.6 Å². The number of hydrogen-bond acceptors (Lipinski definition) is 6. The number of thioether (sulfide) groups is 1. The number of hydrogen-bond donors (Lipinski definition) is 1. The molecule has 0 saturated heterocycles. The van der Waals surface area contributed by atoms with Gasteiger partial charge in [0.2, 0.25) is 5.91 Å². The first-order chi connectivity index (χ1) is 14.1. The summed E-state index contributed by atoms with van der Waals surface area (Å²) in [5, 5.41) is 11.2. The van der Waals surface area contributed by atoms with Crippen LogP contribution in [0, 0.1) is 5.82 Å². The molecule has 0 saturated carbocycles. The average molecular weight is 414 g/mol. The molecule has 0 spiro atoms. The zero-order valence-electron chi connectivity index (χ0n) is 15.7. The monoisotopic (exact) mass is 414 g/mol. The van der Waals surface area contributed by atoms with Crippen molar-refractivity contribution in [2.75, 3.05) is 19.0 Å². The van der Waals surface area contributed by atoms with Gasteiger partial charge in [-0.3, -0.25) is 9.36 Å². The second kappa shape index (κ2) is 8.52. The van der Waals surface area contributed by atoms with Crippen molar-refractivity contribution in [3.05, 3.63) is 60.2 Å². The van der Waals surface area contributed by atoms with E-state index in [1.807, 2.05) is 25.1 Å². The minimum atomic E-state index is -0.383. The second-order valence-electron chi connectivity index (χ2n) is 6.42. The van der Waals surface area contributed by atoms with Crippen LogP contribution in [0.5, 0.6) is 11.5 Å². The lowest BCUT2D eigenvalue weighted by atomic mass is 10.1. The van der Waals surface area contributed by atoms with Gasteiger partial charge in [0.15, 0.2) is 16.7 Å². The molecule has 150 valence electrons. The molecule has 29 heavy (non-hydrogen) atoms. The third-order valence-electron chi connectivity index (χ3n) is 4.40. The molecule has 3 aromatic rings. The summed E-state index contributed by atoms with van der Waals surface area (Å²) in [4.78, 5) is 12.4. The Morgan fingerprint density at radius 1 is 1.24 bits per heavy atom. The SMILES string of the molecule is C[C@H](NC(=O)CSc1nncn1-c1ccccc1F)c1ccc2c(c1)OCCO2. The topological polar surface area (TPSA) is 78.3 Å². The molecule has 0 aliphatic carbocycles. The van der Waals surface area contributed by atoms with E-state index in [1.165, 1.54) is 28.7 Å². The summed E-state index contributed by atoms with van der Waals surface area (Å²) in [6.45, 7) is 2.94. The third kappa shape index (κ3) is 4.34. The van der Waals surface area contributed by atoms with E-state index in [-0.39, 0.29) is 23.5 Å². The number of aromatic nitrogens is 3. The van der Waals surface area contributed by atoms with Crippen LogP contribution in [0.3, 0.4) is 0 Å². The third-order valence-corrected chi connectivity index (χ3v) is 5.35. The van der Waals surface area contributed by atoms with Crippen LogP contribution < -0.4 is 14.8 Å². The van der Waals surface area contributed by atoms with Crippen molar-refractivity contribution in [1.29, 1.82) is 0 Å². The molecule has 9 heteroatoms. The van der Waals surface area contributed by atoms with Crippen LogP contribution in [-0.2, 0) is 4.79 Å². The van der Waals surface area contributed by atoms with Gasteiger partial charge in [-0.25, -0.2) is 4.39 Å². The van der Waals surface area contributed by atoms with E-state index in [0.29, 0.717) is 35.6 Å². The number of rotatable bonds is 6. The number of benzene rings is 2. The lowest BCUT2D eigenvalue weighted by Crippen LogP contribution is -2.28. The fourth-order valence-electron chi connectivity index (χ4n) is 2.96. The first-order valence-electron chi connectivity index (χ1n) is 9.08. The maximum atomic E-state index is 14.0. The van der Waals surface area contributed by atoms with Gasteiger partial charge in [0, 0.05) is 0 Å². The van der Waals surface area contributed by atoms with Crippen LogP contribution in [0.15, 0.2) is 53.9 Å². The van der Waals surface area contributed by atoms with Crippen molar-refractivity contribution in [2.45, 2.75) is 18.1 Å². The largest absolute Gasteiger partial charge is 0.486 e. The first-order valence-corrected chi connectivity index (χ1v) is 10.1. The Morgan fingerprint density at radius 3 is 2.86 bits per heavy atom. The van der Waals surface area contributed by atoms with E-state index in [4.69, 9.17) is 9.47 Å². The summed E-state index contributed by atoms with van der Waals surface area (Å²) in [5.41, 5.74) is 1.26. The molecule has 1 aliphatic rings. The van der Waals surface area contributed by atoms with Crippen molar-refractivity contribution in [3.63, 3.8) is 0 Å². The van der Waals surface area contributed by atoms with Gasteiger partial charge in [0.05, 0.1) is 17.5 Å². The van der Waals surface area contributed by atoms with E-state index in [0.717, 1.165) is 5.56 Å². The highest BCUT2D eigenvalue weighted by molar-refractivity contribution is 7.99. The Bertz CT molecular complexity index is 1030. The first kappa shape index (κ1) is 19.3. The molecular weight excluding hydrogens is 395 g/mol. The molecule has 0 bridgehead atoms. The van der Waals surface area contributed by atoms with Gasteiger partial charge < -0.3 is 14.8 Å². The van der Waals surface area contributed by atoms with Crippen LogP contribution in [0.1, 0.15) is 18.5 Å². The number of carbonyl (C=O) groups excluding carboxylic acids is 1. The molecular formula is C20H19FN4O3S. The van der Waals surface area contributed by atoms with Crippen LogP contribution in [0.4, 0.5) is 4.39 Å². The van der Waals surface area contributed by atoms with E-state index in [2.05, 4.69) is 15.5 Å². The number of amides is 1. The quantitative estimate of drug-likeness (QED) is 0.625. The number of ether oxygens (including phenoxy) is 2. The minimum absolute atomic E-state index is 0.127. The Hall–Kier alpha value is -3.07. The van der Waals surface area contributed by atoms with Gasteiger partial charge in [0.1, 0.15) is 25.4 Å². The minimum Gasteiger partial charge on any atom is -0.486 e. The van der Waals surface area contributed by atoms with Crippen LogP contribution >= 0.6 is 11.8 Å². The highest BCUT2D eigenvalue weighted by atomic mass is 32.2. The molecule has 0 fully saturated rings. The lowest BCUT2D eigenvalue weighted by molar-refractivity contribution is -0.119. The summed E-state index contributed by atoms with van der Waals surface area (Å²) in [6, 6.07) is 11.8. The van der Waals surface area contributed by atoms with Gasteiger partial charge in [-0.05, 0) is 36.8 Å². The fraction of sp³-hybridized carbons (Fsp3) is 0.250. The van der Waals surface area contributed by atoms with Gasteiger partial charge in [-0.1, -0.05) is 30.0 Å². The summed E-state index contributed by atoms with van der Waals surface area (Å²) in [5.74, 6) is 0.970. The molecule has 2 aromatic carbocycles. The summed E-state index contributed by atoms with van der Waals surface area (Å²) >= 11 is 1.19. The average Bonchev–Trinajstić information content (AvgIpc) is 3.20. The number of fused-ring (bicyclic) bond motifs is 1. The number of para-hydroxylation sites is 1.